The third kappa shape index (κ3) is 3.18. The molecule has 0 fully saturated rings. The Labute approximate surface area is 132 Å². The van der Waals surface area contributed by atoms with Crippen LogP contribution >= 0.6 is 0 Å². The summed E-state index contributed by atoms with van der Waals surface area (Å²) in [5.74, 6) is 1.33. The van der Waals surface area contributed by atoms with E-state index in [1.165, 1.54) is 19.4 Å². The van der Waals surface area contributed by atoms with Gasteiger partial charge < -0.3 is 19.3 Å². The number of hydrogen-bond donors (Lipinski definition) is 2. The third-order valence-corrected chi connectivity index (χ3v) is 3.24. The Morgan fingerprint density at radius 2 is 2.09 bits per heavy atom. The molecule has 7 nitrogen and oxygen atoms in total. The van der Waals surface area contributed by atoms with E-state index in [0.29, 0.717) is 28.4 Å². The molecule has 1 heterocycles. The molecule has 1 aliphatic heterocycles. The highest BCUT2D eigenvalue weighted by Crippen LogP contribution is 2.32. The fourth-order valence-electron chi connectivity index (χ4n) is 2.03. The van der Waals surface area contributed by atoms with Gasteiger partial charge in [0.25, 0.3) is 5.91 Å². The first-order valence-electron chi connectivity index (χ1n) is 6.77. The topological polar surface area (TPSA) is 89.4 Å². The van der Waals surface area contributed by atoms with E-state index in [9.17, 15) is 9.90 Å². The predicted molar refractivity (Wildman–Crippen MR) is 82.3 cm³/mol. The molecule has 0 aromatic heterocycles. The molecule has 7 heteroatoms. The fraction of sp³-hybridized carbons (Fsp3) is 0.125. The van der Waals surface area contributed by atoms with Crippen molar-refractivity contribution in [3.8, 4) is 23.0 Å². The van der Waals surface area contributed by atoms with Gasteiger partial charge in [0.05, 0.1) is 13.3 Å². The highest BCUT2D eigenvalue weighted by atomic mass is 16.7. The number of methoxy groups -OCH3 is 1. The van der Waals surface area contributed by atoms with E-state index < -0.39 is 5.91 Å². The number of benzene rings is 2. The standard InChI is InChI=1S/C16H14N2O5/c1-21-12-3-4-13(19)11(6-12)8-17-18-16(20)10-2-5-14-15(7-10)23-9-22-14/h2-8,19H,9H2,1H3,(H,18,20). The molecule has 23 heavy (non-hydrogen) atoms. The van der Waals surface area contributed by atoms with Crippen molar-refractivity contribution in [2.24, 2.45) is 5.10 Å². The number of fused-ring (bicyclic) bond motifs is 1. The van der Waals surface area contributed by atoms with Gasteiger partial charge >= 0.3 is 0 Å². The fourth-order valence-corrected chi connectivity index (χ4v) is 2.03. The smallest absolute Gasteiger partial charge is 0.271 e. The summed E-state index contributed by atoms with van der Waals surface area (Å²) in [7, 11) is 1.52. The summed E-state index contributed by atoms with van der Waals surface area (Å²) in [6.45, 7) is 0.147. The van der Waals surface area contributed by atoms with Gasteiger partial charge in [-0.2, -0.15) is 5.10 Å². The summed E-state index contributed by atoms with van der Waals surface area (Å²) in [6, 6.07) is 9.57. The Bertz CT molecular complexity index is 773. The Morgan fingerprint density at radius 1 is 1.26 bits per heavy atom. The Hall–Kier alpha value is -3.22. The quantitative estimate of drug-likeness (QED) is 0.664. The van der Waals surface area contributed by atoms with E-state index in [1.807, 2.05) is 0 Å². The Morgan fingerprint density at radius 3 is 2.91 bits per heavy atom. The van der Waals surface area contributed by atoms with Crippen molar-refractivity contribution in [2.45, 2.75) is 0 Å². The molecular weight excluding hydrogens is 300 g/mol. The maximum absolute atomic E-state index is 12.0. The summed E-state index contributed by atoms with van der Waals surface area (Å²) < 4.78 is 15.5. The van der Waals surface area contributed by atoms with Gasteiger partial charge in [-0.1, -0.05) is 0 Å². The van der Waals surface area contributed by atoms with Crippen LogP contribution in [0.2, 0.25) is 0 Å². The van der Waals surface area contributed by atoms with E-state index >= 15 is 0 Å². The summed E-state index contributed by atoms with van der Waals surface area (Å²) in [6.07, 6.45) is 1.34. The van der Waals surface area contributed by atoms with Crippen LogP contribution in [0.25, 0.3) is 0 Å². The van der Waals surface area contributed by atoms with Crippen molar-refractivity contribution in [1.29, 1.82) is 0 Å². The van der Waals surface area contributed by atoms with Crippen molar-refractivity contribution >= 4 is 12.1 Å². The van der Waals surface area contributed by atoms with Crippen LogP contribution in [-0.2, 0) is 0 Å². The van der Waals surface area contributed by atoms with Crippen LogP contribution in [0, 0.1) is 0 Å². The number of carbonyl (C=O) groups excluding carboxylic acids is 1. The second-order valence-electron chi connectivity index (χ2n) is 4.69. The molecular formula is C16H14N2O5. The van der Waals surface area contributed by atoms with Gasteiger partial charge in [-0.3, -0.25) is 4.79 Å². The molecule has 2 aromatic carbocycles. The summed E-state index contributed by atoms with van der Waals surface area (Å²) in [5.41, 5.74) is 3.20. The minimum Gasteiger partial charge on any atom is -0.507 e. The molecule has 118 valence electrons. The van der Waals surface area contributed by atoms with E-state index in [0.717, 1.165) is 0 Å². The molecule has 2 N–H and O–H groups in total. The molecule has 1 aliphatic rings. The molecule has 0 radical (unpaired) electrons. The second kappa shape index (κ2) is 6.27. The average Bonchev–Trinajstić information content (AvgIpc) is 3.04. The number of ether oxygens (including phenoxy) is 3. The zero-order valence-corrected chi connectivity index (χ0v) is 12.3. The van der Waals surface area contributed by atoms with Crippen molar-refractivity contribution < 1.29 is 24.1 Å². The lowest BCUT2D eigenvalue weighted by atomic mass is 10.2. The molecule has 0 saturated heterocycles. The number of amides is 1. The van der Waals surface area contributed by atoms with Gasteiger partial charge in [0.15, 0.2) is 11.5 Å². The second-order valence-corrected chi connectivity index (χ2v) is 4.69. The van der Waals surface area contributed by atoms with Gasteiger partial charge in [0.1, 0.15) is 11.5 Å². The van der Waals surface area contributed by atoms with E-state index in [2.05, 4.69) is 10.5 Å². The van der Waals surface area contributed by atoms with Crippen LogP contribution in [0.5, 0.6) is 23.0 Å². The molecule has 3 rings (SSSR count). The van der Waals surface area contributed by atoms with Crippen LogP contribution < -0.4 is 19.6 Å². The predicted octanol–water partition coefficient (Wildman–Crippen LogP) is 1.89. The number of carbonyl (C=O) groups is 1. The minimum atomic E-state index is -0.401. The summed E-state index contributed by atoms with van der Waals surface area (Å²) in [5, 5.41) is 13.6. The molecule has 0 bridgehead atoms. The van der Waals surface area contributed by atoms with Gasteiger partial charge in [-0.05, 0) is 36.4 Å². The maximum atomic E-state index is 12.0. The molecule has 0 saturated carbocycles. The monoisotopic (exact) mass is 314 g/mol. The lowest BCUT2D eigenvalue weighted by Gasteiger charge is -2.04. The van der Waals surface area contributed by atoms with Crippen LogP contribution in [0.15, 0.2) is 41.5 Å². The van der Waals surface area contributed by atoms with Crippen molar-refractivity contribution in [3.63, 3.8) is 0 Å². The van der Waals surface area contributed by atoms with Gasteiger partial charge in [0, 0.05) is 11.1 Å². The zero-order valence-electron chi connectivity index (χ0n) is 12.3. The third-order valence-electron chi connectivity index (χ3n) is 3.24. The zero-order chi connectivity index (χ0) is 16.2. The molecule has 0 unspecified atom stereocenters. The molecule has 1 amide bonds. The summed E-state index contributed by atoms with van der Waals surface area (Å²) in [4.78, 5) is 12.0. The number of rotatable bonds is 4. The highest BCUT2D eigenvalue weighted by Gasteiger charge is 2.15. The van der Waals surface area contributed by atoms with Gasteiger partial charge in [-0.15, -0.1) is 0 Å². The lowest BCUT2D eigenvalue weighted by Crippen LogP contribution is -2.17. The van der Waals surface area contributed by atoms with Crippen molar-refractivity contribution in [3.05, 3.63) is 47.5 Å². The number of nitrogens with zero attached hydrogens (tertiary/aromatic N) is 1. The number of nitrogens with one attached hydrogen (secondary N) is 1. The first-order valence-corrected chi connectivity index (χ1v) is 6.77. The van der Waals surface area contributed by atoms with Crippen LogP contribution in [0.4, 0.5) is 0 Å². The van der Waals surface area contributed by atoms with Crippen LogP contribution in [0.1, 0.15) is 15.9 Å². The van der Waals surface area contributed by atoms with Crippen molar-refractivity contribution in [1.82, 2.24) is 5.43 Å². The molecule has 0 aliphatic carbocycles. The van der Waals surface area contributed by atoms with Crippen LogP contribution in [0.3, 0.4) is 0 Å². The number of hydrazone groups is 1. The molecule has 2 aromatic rings. The van der Waals surface area contributed by atoms with E-state index in [-0.39, 0.29) is 12.5 Å². The SMILES string of the molecule is COc1ccc(O)c(C=NNC(=O)c2ccc3c(c2)OCO3)c1. The molecule has 0 atom stereocenters. The number of phenols is 1. The normalized spacial score (nSPS) is 12.4. The Kier molecular flexibility index (Phi) is 4.01. The first-order chi connectivity index (χ1) is 11.2. The Balaban J connectivity index is 1.69. The van der Waals surface area contributed by atoms with Gasteiger partial charge in [-0.25, -0.2) is 5.43 Å². The highest BCUT2D eigenvalue weighted by molar-refractivity contribution is 5.95. The minimum absolute atomic E-state index is 0.0341. The van der Waals surface area contributed by atoms with Crippen molar-refractivity contribution in [2.75, 3.05) is 13.9 Å². The van der Waals surface area contributed by atoms with Gasteiger partial charge in [0.2, 0.25) is 6.79 Å². The van der Waals surface area contributed by atoms with E-state index in [1.54, 1.807) is 30.3 Å². The largest absolute Gasteiger partial charge is 0.507 e. The number of aromatic hydroxyl groups is 1. The lowest BCUT2D eigenvalue weighted by molar-refractivity contribution is 0.0954. The van der Waals surface area contributed by atoms with Crippen LogP contribution in [-0.4, -0.2) is 31.1 Å². The maximum Gasteiger partial charge on any atom is 0.271 e. The average molecular weight is 314 g/mol. The van der Waals surface area contributed by atoms with E-state index in [4.69, 9.17) is 14.2 Å². The number of hydrogen-bond acceptors (Lipinski definition) is 6. The molecule has 0 spiro atoms. The first kappa shape index (κ1) is 14.7. The number of phenolic OH excluding ortho intramolecular Hbond substituents is 1. The summed E-state index contributed by atoms with van der Waals surface area (Å²) >= 11 is 0.